The molecule has 17 heavy (non-hydrogen) atoms. The minimum absolute atomic E-state index is 0.333. The maximum Gasteiger partial charge on any atom is 0.0130 e. The summed E-state index contributed by atoms with van der Waals surface area (Å²) in [6, 6.07) is 9.46. The van der Waals surface area contributed by atoms with Gasteiger partial charge in [0.15, 0.2) is 0 Å². The maximum atomic E-state index is 3.60. The first-order chi connectivity index (χ1) is 7.93. The molecule has 0 saturated carbocycles. The zero-order valence-electron chi connectivity index (χ0n) is 11.4. The van der Waals surface area contributed by atoms with Crippen LogP contribution in [0.25, 0.3) is 0 Å². The number of hydrogen-bond acceptors (Lipinski definition) is 1. The molecule has 1 aromatic carbocycles. The fourth-order valence-electron chi connectivity index (χ4n) is 2.05. The van der Waals surface area contributed by atoms with Gasteiger partial charge >= 0.3 is 0 Å². The molecule has 96 valence electrons. The second kappa shape index (κ2) is 6.74. The van der Waals surface area contributed by atoms with Crippen molar-refractivity contribution in [2.75, 3.05) is 6.54 Å². The van der Waals surface area contributed by atoms with Crippen molar-refractivity contribution < 1.29 is 0 Å². The third kappa shape index (κ3) is 5.38. The molecule has 1 aromatic rings. The standard InChI is InChI=1S/C15H24IN/c1-5-17-14(15(2,3)4)11-8-12-6-9-13(16)10-7-12/h6-7,9-10,14,17H,5,8,11H2,1-4H3. The normalized spacial score (nSPS) is 13.7. The number of hydrogen-bond donors (Lipinski definition) is 1. The second-order valence-electron chi connectivity index (χ2n) is 5.64. The van der Waals surface area contributed by atoms with E-state index >= 15 is 0 Å². The molecule has 2 heteroatoms. The Bertz CT molecular complexity index is 324. The highest BCUT2D eigenvalue weighted by atomic mass is 127. The number of rotatable bonds is 5. The van der Waals surface area contributed by atoms with Gasteiger partial charge < -0.3 is 5.32 Å². The molecule has 0 amide bonds. The van der Waals surface area contributed by atoms with Gasteiger partial charge in [0, 0.05) is 9.61 Å². The summed E-state index contributed by atoms with van der Waals surface area (Å²) in [6.07, 6.45) is 2.36. The van der Waals surface area contributed by atoms with Crippen LogP contribution in [0.1, 0.15) is 39.7 Å². The highest BCUT2D eigenvalue weighted by molar-refractivity contribution is 14.1. The molecular formula is C15H24IN. The fraction of sp³-hybridized carbons (Fsp3) is 0.600. The molecule has 1 rings (SSSR count). The molecule has 0 radical (unpaired) electrons. The van der Waals surface area contributed by atoms with E-state index in [2.05, 4.69) is 79.9 Å². The lowest BCUT2D eigenvalue weighted by Gasteiger charge is -2.31. The lowest BCUT2D eigenvalue weighted by molar-refractivity contribution is 0.258. The van der Waals surface area contributed by atoms with E-state index in [1.807, 2.05) is 0 Å². The predicted octanol–water partition coefficient (Wildman–Crippen LogP) is 4.25. The highest BCUT2D eigenvalue weighted by Gasteiger charge is 2.22. The van der Waals surface area contributed by atoms with Crippen LogP contribution in [0.15, 0.2) is 24.3 Å². The van der Waals surface area contributed by atoms with E-state index in [4.69, 9.17) is 0 Å². The topological polar surface area (TPSA) is 12.0 Å². The van der Waals surface area contributed by atoms with E-state index < -0.39 is 0 Å². The van der Waals surface area contributed by atoms with Crippen molar-refractivity contribution in [1.29, 1.82) is 0 Å². The van der Waals surface area contributed by atoms with E-state index in [-0.39, 0.29) is 0 Å². The highest BCUT2D eigenvalue weighted by Crippen LogP contribution is 2.23. The van der Waals surface area contributed by atoms with E-state index in [0.717, 1.165) is 13.0 Å². The summed E-state index contributed by atoms with van der Waals surface area (Å²) in [5.41, 5.74) is 1.77. The summed E-state index contributed by atoms with van der Waals surface area (Å²) in [5.74, 6) is 0. The van der Waals surface area contributed by atoms with Gasteiger partial charge in [-0.05, 0) is 65.1 Å². The molecule has 0 aliphatic carbocycles. The number of halogens is 1. The molecule has 0 aliphatic heterocycles. The Labute approximate surface area is 120 Å². The molecule has 0 saturated heterocycles. The molecule has 0 fully saturated rings. The molecule has 0 spiro atoms. The van der Waals surface area contributed by atoms with E-state index in [1.165, 1.54) is 15.6 Å². The van der Waals surface area contributed by atoms with Gasteiger partial charge in [-0.1, -0.05) is 39.8 Å². The van der Waals surface area contributed by atoms with Gasteiger partial charge in [-0.3, -0.25) is 0 Å². The van der Waals surface area contributed by atoms with Crippen LogP contribution in [-0.4, -0.2) is 12.6 Å². The molecule has 1 unspecified atom stereocenters. The van der Waals surface area contributed by atoms with Crippen molar-refractivity contribution in [2.24, 2.45) is 5.41 Å². The quantitative estimate of drug-likeness (QED) is 0.787. The smallest absolute Gasteiger partial charge is 0.0130 e. The first kappa shape index (κ1) is 15.0. The molecule has 0 heterocycles. The third-order valence-electron chi connectivity index (χ3n) is 3.13. The van der Waals surface area contributed by atoms with Gasteiger partial charge in [0.05, 0.1) is 0 Å². The van der Waals surface area contributed by atoms with Crippen LogP contribution in [-0.2, 0) is 6.42 Å². The van der Waals surface area contributed by atoms with Crippen molar-refractivity contribution >= 4 is 22.6 Å². The number of benzene rings is 1. The Balaban J connectivity index is 2.54. The Morgan fingerprint density at radius 1 is 1.18 bits per heavy atom. The molecule has 0 bridgehead atoms. The molecular weight excluding hydrogens is 321 g/mol. The monoisotopic (exact) mass is 345 g/mol. The molecule has 1 N–H and O–H groups in total. The maximum absolute atomic E-state index is 3.60. The average molecular weight is 345 g/mol. The van der Waals surface area contributed by atoms with E-state index in [9.17, 15) is 0 Å². The third-order valence-corrected chi connectivity index (χ3v) is 3.85. The van der Waals surface area contributed by atoms with Gasteiger partial charge in [-0.15, -0.1) is 0 Å². The molecule has 1 atom stereocenters. The Morgan fingerprint density at radius 2 is 1.76 bits per heavy atom. The van der Waals surface area contributed by atoms with Gasteiger partial charge in [-0.25, -0.2) is 0 Å². The first-order valence-corrected chi connectivity index (χ1v) is 7.49. The number of nitrogens with one attached hydrogen (secondary N) is 1. The SMILES string of the molecule is CCNC(CCc1ccc(I)cc1)C(C)(C)C. The summed E-state index contributed by atoms with van der Waals surface area (Å²) >= 11 is 2.35. The van der Waals surface area contributed by atoms with Gasteiger partial charge in [-0.2, -0.15) is 0 Å². The van der Waals surface area contributed by atoms with Crippen molar-refractivity contribution in [1.82, 2.24) is 5.32 Å². The van der Waals surface area contributed by atoms with Gasteiger partial charge in [0.25, 0.3) is 0 Å². The van der Waals surface area contributed by atoms with Crippen LogP contribution in [0.2, 0.25) is 0 Å². The lowest BCUT2D eigenvalue weighted by atomic mass is 9.83. The van der Waals surface area contributed by atoms with Crippen molar-refractivity contribution in [2.45, 2.75) is 46.6 Å². The molecule has 0 aromatic heterocycles. The van der Waals surface area contributed by atoms with Crippen LogP contribution in [0, 0.1) is 8.99 Å². The molecule has 0 aliphatic rings. The Kier molecular flexibility index (Phi) is 5.93. The summed E-state index contributed by atoms with van der Waals surface area (Å²) < 4.78 is 1.31. The lowest BCUT2D eigenvalue weighted by Crippen LogP contribution is -2.40. The first-order valence-electron chi connectivity index (χ1n) is 6.41. The van der Waals surface area contributed by atoms with Crippen LogP contribution in [0.3, 0.4) is 0 Å². The summed E-state index contributed by atoms with van der Waals surface area (Å²) in [7, 11) is 0. The summed E-state index contributed by atoms with van der Waals surface area (Å²) in [5, 5.41) is 3.60. The fourth-order valence-corrected chi connectivity index (χ4v) is 2.41. The van der Waals surface area contributed by atoms with Gasteiger partial charge in [0.2, 0.25) is 0 Å². The largest absolute Gasteiger partial charge is 0.314 e. The summed E-state index contributed by atoms with van der Waals surface area (Å²) in [4.78, 5) is 0. The number of aryl methyl sites for hydroxylation is 1. The minimum Gasteiger partial charge on any atom is -0.314 e. The zero-order chi connectivity index (χ0) is 12.9. The van der Waals surface area contributed by atoms with E-state index in [1.54, 1.807) is 0 Å². The minimum atomic E-state index is 0.333. The van der Waals surface area contributed by atoms with Crippen molar-refractivity contribution in [3.63, 3.8) is 0 Å². The van der Waals surface area contributed by atoms with E-state index in [0.29, 0.717) is 11.5 Å². The van der Waals surface area contributed by atoms with Crippen LogP contribution in [0.5, 0.6) is 0 Å². The summed E-state index contributed by atoms with van der Waals surface area (Å²) in [6.45, 7) is 10.2. The Morgan fingerprint density at radius 3 is 2.24 bits per heavy atom. The zero-order valence-corrected chi connectivity index (χ0v) is 13.5. The Hall–Kier alpha value is -0.0900. The second-order valence-corrected chi connectivity index (χ2v) is 6.89. The molecule has 1 nitrogen and oxygen atoms in total. The predicted molar refractivity (Wildman–Crippen MR) is 84.4 cm³/mol. The van der Waals surface area contributed by atoms with Crippen molar-refractivity contribution in [3.05, 3.63) is 33.4 Å². The average Bonchev–Trinajstić information content (AvgIpc) is 2.25. The van der Waals surface area contributed by atoms with Crippen molar-refractivity contribution in [3.8, 4) is 0 Å². The van der Waals surface area contributed by atoms with Gasteiger partial charge in [0.1, 0.15) is 0 Å². The van der Waals surface area contributed by atoms with Crippen LogP contribution in [0.4, 0.5) is 0 Å². The van der Waals surface area contributed by atoms with Crippen LogP contribution >= 0.6 is 22.6 Å². The van der Waals surface area contributed by atoms with Crippen LogP contribution < -0.4 is 5.32 Å².